The van der Waals surface area contributed by atoms with Crippen molar-refractivity contribution in [2.45, 2.75) is 50.7 Å². The van der Waals surface area contributed by atoms with E-state index in [4.69, 9.17) is 5.11 Å². The molecule has 1 amide bonds. The van der Waals surface area contributed by atoms with E-state index in [1.165, 1.54) is 12.1 Å². The highest BCUT2D eigenvalue weighted by molar-refractivity contribution is 7.89. The third-order valence-corrected chi connectivity index (χ3v) is 5.21. The van der Waals surface area contributed by atoms with E-state index >= 15 is 0 Å². The number of amides is 1. The summed E-state index contributed by atoms with van der Waals surface area (Å²) in [6.07, 6.45) is 0.214. The molecule has 2 atom stereocenters. The van der Waals surface area contributed by atoms with Gasteiger partial charge in [0.1, 0.15) is 6.04 Å². The van der Waals surface area contributed by atoms with Crippen molar-refractivity contribution in [3.63, 3.8) is 0 Å². The lowest BCUT2D eigenvalue weighted by Gasteiger charge is -2.23. The Kier molecular flexibility index (Phi) is 7.31. The summed E-state index contributed by atoms with van der Waals surface area (Å²) < 4.78 is 27.4. The number of aryl methyl sites for hydroxylation is 1. The van der Waals surface area contributed by atoms with Crippen LogP contribution in [0.1, 0.15) is 32.8 Å². The van der Waals surface area contributed by atoms with Crippen molar-refractivity contribution in [1.29, 1.82) is 0 Å². The van der Waals surface area contributed by atoms with Crippen LogP contribution in [-0.4, -0.2) is 48.7 Å². The summed E-state index contributed by atoms with van der Waals surface area (Å²) >= 11 is 0. The van der Waals surface area contributed by atoms with Gasteiger partial charge < -0.3 is 15.5 Å². The van der Waals surface area contributed by atoms with Crippen molar-refractivity contribution < 1.29 is 28.2 Å². The molecule has 0 bridgehead atoms. The first-order valence-electron chi connectivity index (χ1n) is 8.17. The fourth-order valence-corrected chi connectivity index (χ4v) is 3.32. The lowest BCUT2D eigenvalue weighted by atomic mass is 10.0. The predicted octanol–water partition coefficient (Wildman–Crippen LogP) is 0.640. The summed E-state index contributed by atoms with van der Waals surface area (Å²) in [7, 11) is -3.93. The van der Waals surface area contributed by atoms with Crippen LogP contribution in [0, 0.1) is 12.8 Å². The van der Waals surface area contributed by atoms with Crippen LogP contribution in [0.25, 0.3) is 0 Å². The lowest BCUT2D eigenvalue weighted by molar-refractivity contribution is -0.156. The standard InChI is InChI=1S/C17H26N2O6S/c1-11(2)9-14(15(20)18-10-17(4,23)16(21)22)19-26(24,25)13-7-5-12(3)6-8-13/h5-8,11,14,19,23H,9-10H2,1-4H3,(H,18,20)(H,21,22). The highest BCUT2D eigenvalue weighted by Gasteiger charge is 2.32. The van der Waals surface area contributed by atoms with E-state index in [0.717, 1.165) is 12.5 Å². The van der Waals surface area contributed by atoms with Gasteiger partial charge in [-0.05, 0) is 38.3 Å². The minimum Gasteiger partial charge on any atom is -0.479 e. The number of nitrogens with one attached hydrogen (secondary N) is 2. The third-order valence-electron chi connectivity index (χ3n) is 3.72. The molecular formula is C17H26N2O6S. The van der Waals surface area contributed by atoms with Crippen molar-refractivity contribution in [3.8, 4) is 0 Å². The average Bonchev–Trinajstić information content (AvgIpc) is 2.51. The van der Waals surface area contributed by atoms with Crippen molar-refractivity contribution >= 4 is 21.9 Å². The number of carboxylic acids is 1. The Morgan fingerprint density at radius 1 is 1.19 bits per heavy atom. The first-order valence-corrected chi connectivity index (χ1v) is 9.66. The van der Waals surface area contributed by atoms with Gasteiger partial charge in [0.2, 0.25) is 15.9 Å². The second-order valence-corrected chi connectivity index (χ2v) is 8.63. The van der Waals surface area contributed by atoms with Gasteiger partial charge in [-0.3, -0.25) is 4.79 Å². The Morgan fingerprint density at radius 2 is 1.73 bits per heavy atom. The number of benzene rings is 1. The van der Waals surface area contributed by atoms with E-state index in [1.54, 1.807) is 12.1 Å². The predicted molar refractivity (Wildman–Crippen MR) is 96.0 cm³/mol. The van der Waals surface area contributed by atoms with Crippen LogP contribution >= 0.6 is 0 Å². The zero-order valence-electron chi connectivity index (χ0n) is 15.3. The van der Waals surface area contributed by atoms with Crippen LogP contribution in [0.15, 0.2) is 29.2 Å². The van der Waals surface area contributed by atoms with Crippen LogP contribution in [0.2, 0.25) is 0 Å². The van der Waals surface area contributed by atoms with Crippen LogP contribution in [-0.2, 0) is 19.6 Å². The molecule has 0 aliphatic carbocycles. The van der Waals surface area contributed by atoms with Crippen LogP contribution in [0.4, 0.5) is 0 Å². The zero-order chi connectivity index (χ0) is 20.1. The molecule has 1 aromatic carbocycles. The van der Waals surface area contributed by atoms with Gasteiger partial charge in [0.05, 0.1) is 11.4 Å². The number of carbonyl (C=O) groups excluding carboxylic acids is 1. The number of hydrogen-bond donors (Lipinski definition) is 4. The number of hydrogen-bond acceptors (Lipinski definition) is 5. The molecule has 0 aliphatic rings. The highest BCUT2D eigenvalue weighted by atomic mass is 32.2. The first-order chi connectivity index (χ1) is 11.8. The maximum Gasteiger partial charge on any atom is 0.337 e. The average molecular weight is 386 g/mol. The number of aliphatic carboxylic acids is 1. The topological polar surface area (TPSA) is 133 Å². The molecule has 2 unspecified atom stereocenters. The number of carboxylic acid groups (broad SMARTS) is 1. The van der Waals surface area contributed by atoms with Crippen LogP contribution in [0.5, 0.6) is 0 Å². The molecule has 0 spiro atoms. The number of aliphatic hydroxyl groups is 1. The van der Waals surface area contributed by atoms with Gasteiger partial charge in [0.25, 0.3) is 0 Å². The van der Waals surface area contributed by atoms with E-state index < -0.39 is 40.1 Å². The molecule has 0 saturated heterocycles. The minimum atomic E-state index is -3.93. The number of rotatable bonds is 9. The quantitative estimate of drug-likeness (QED) is 0.492. The molecule has 9 heteroatoms. The van der Waals surface area contributed by atoms with E-state index in [1.807, 2.05) is 20.8 Å². The third kappa shape index (κ3) is 6.40. The van der Waals surface area contributed by atoms with Crippen molar-refractivity contribution in [2.24, 2.45) is 5.92 Å². The molecule has 146 valence electrons. The SMILES string of the molecule is Cc1ccc(S(=O)(=O)NC(CC(C)C)C(=O)NCC(C)(O)C(=O)O)cc1. The molecule has 0 aliphatic heterocycles. The van der Waals surface area contributed by atoms with Gasteiger partial charge >= 0.3 is 5.97 Å². The van der Waals surface area contributed by atoms with Gasteiger partial charge in [-0.25, -0.2) is 13.2 Å². The van der Waals surface area contributed by atoms with E-state index in [0.29, 0.717) is 0 Å². The summed E-state index contributed by atoms with van der Waals surface area (Å²) in [4.78, 5) is 23.3. The molecule has 0 fully saturated rings. The van der Waals surface area contributed by atoms with Crippen molar-refractivity contribution in [3.05, 3.63) is 29.8 Å². The van der Waals surface area contributed by atoms with Crippen LogP contribution in [0.3, 0.4) is 0 Å². The van der Waals surface area contributed by atoms with E-state index in [9.17, 15) is 23.1 Å². The Hall–Kier alpha value is -1.97. The second kappa shape index (κ2) is 8.61. The smallest absolute Gasteiger partial charge is 0.337 e. The van der Waals surface area contributed by atoms with Gasteiger partial charge in [-0.2, -0.15) is 4.72 Å². The lowest BCUT2D eigenvalue weighted by Crippen LogP contribution is -2.52. The summed E-state index contributed by atoms with van der Waals surface area (Å²) in [6.45, 7) is 5.99. The number of carbonyl (C=O) groups is 2. The molecule has 8 nitrogen and oxygen atoms in total. The molecule has 0 saturated carbocycles. The summed E-state index contributed by atoms with van der Waals surface area (Å²) in [6, 6.07) is 5.09. The second-order valence-electron chi connectivity index (χ2n) is 6.91. The highest BCUT2D eigenvalue weighted by Crippen LogP contribution is 2.13. The van der Waals surface area contributed by atoms with Gasteiger partial charge in [-0.15, -0.1) is 0 Å². The Balaban J connectivity index is 2.94. The summed E-state index contributed by atoms with van der Waals surface area (Å²) in [5, 5.41) is 20.9. The molecule has 26 heavy (non-hydrogen) atoms. The van der Waals surface area contributed by atoms with Crippen LogP contribution < -0.4 is 10.0 Å². The molecule has 4 N–H and O–H groups in total. The van der Waals surface area contributed by atoms with E-state index in [2.05, 4.69) is 10.0 Å². The number of sulfonamides is 1. The monoisotopic (exact) mass is 386 g/mol. The Bertz CT molecular complexity index is 741. The normalized spacial score (nSPS) is 15.3. The maximum absolute atomic E-state index is 12.5. The summed E-state index contributed by atoms with van der Waals surface area (Å²) in [5.74, 6) is -2.18. The fraction of sp³-hybridized carbons (Fsp3) is 0.529. The fourth-order valence-electron chi connectivity index (χ4n) is 2.11. The molecular weight excluding hydrogens is 360 g/mol. The van der Waals surface area contributed by atoms with Gasteiger partial charge in [0.15, 0.2) is 5.60 Å². The largest absolute Gasteiger partial charge is 0.479 e. The zero-order valence-corrected chi connectivity index (χ0v) is 16.1. The molecule has 0 radical (unpaired) electrons. The van der Waals surface area contributed by atoms with Gasteiger partial charge in [-0.1, -0.05) is 31.5 Å². The Labute approximate surface area is 153 Å². The van der Waals surface area contributed by atoms with E-state index in [-0.39, 0.29) is 17.2 Å². The van der Waals surface area contributed by atoms with Crippen molar-refractivity contribution in [1.82, 2.24) is 10.0 Å². The minimum absolute atomic E-state index is 0.00597. The molecule has 1 rings (SSSR count). The van der Waals surface area contributed by atoms with Gasteiger partial charge in [0, 0.05) is 0 Å². The molecule has 0 heterocycles. The first kappa shape index (κ1) is 22.1. The summed E-state index contributed by atoms with van der Waals surface area (Å²) in [5.41, 5.74) is -1.25. The maximum atomic E-state index is 12.5. The molecule has 1 aromatic rings. The Morgan fingerprint density at radius 3 is 2.19 bits per heavy atom. The van der Waals surface area contributed by atoms with Crippen molar-refractivity contribution in [2.75, 3.05) is 6.54 Å². The molecule has 0 aromatic heterocycles.